The quantitative estimate of drug-likeness (QED) is 0.774. The summed E-state index contributed by atoms with van der Waals surface area (Å²) in [6.07, 6.45) is 3.13. The highest BCUT2D eigenvalue weighted by molar-refractivity contribution is 5.92. The molecule has 136 valence electrons. The Morgan fingerprint density at radius 1 is 1.27 bits per heavy atom. The number of ether oxygens (including phenoxy) is 3. The molecule has 0 spiro atoms. The van der Waals surface area contributed by atoms with Crippen molar-refractivity contribution in [1.82, 2.24) is 4.90 Å². The fourth-order valence-electron chi connectivity index (χ4n) is 2.82. The number of likely N-dealkylation sites (N-methyl/N-ethyl adjacent to an activating group) is 1. The summed E-state index contributed by atoms with van der Waals surface area (Å²) in [4.78, 5) is 14.0. The Morgan fingerprint density at radius 3 is 2.81 bits per heavy atom. The first-order valence-electron chi connectivity index (χ1n) is 8.53. The fourth-order valence-corrected chi connectivity index (χ4v) is 2.82. The number of carbonyl (C=O) groups is 1. The summed E-state index contributed by atoms with van der Waals surface area (Å²) in [6.45, 7) is 2.87. The van der Waals surface area contributed by atoms with Gasteiger partial charge in [0.25, 0.3) is 0 Å². The Kier molecular flexibility index (Phi) is 5.46. The summed E-state index contributed by atoms with van der Waals surface area (Å²) in [5.74, 6) is 2.09. The molecule has 3 rings (SSSR count). The number of fused-ring (bicyclic) bond motifs is 1. The van der Waals surface area contributed by atoms with Crippen LogP contribution in [0.3, 0.4) is 0 Å². The molecule has 5 heteroatoms. The molecule has 0 saturated heterocycles. The van der Waals surface area contributed by atoms with Crippen molar-refractivity contribution in [2.75, 3.05) is 27.3 Å². The summed E-state index contributed by atoms with van der Waals surface area (Å²) in [6, 6.07) is 13.4. The third kappa shape index (κ3) is 4.17. The Morgan fingerprint density at radius 2 is 2.04 bits per heavy atom. The van der Waals surface area contributed by atoms with Crippen molar-refractivity contribution in [3.05, 3.63) is 59.7 Å². The van der Waals surface area contributed by atoms with E-state index in [0.717, 1.165) is 22.6 Å². The number of benzene rings is 2. The van der Waals surface area contributed by atoms with Crippen molar-refractivity contribution in [3.8, 4) is 17.2 Å². The average molecular weight is 353 g/mol. The molecular formula is C21H23NO4. The molecule has 1 aliphatic rings. The van der Waals surface area contributed by atoms with E-state index in [1.54, 1.807) is 31.2 Å². The number of carbonyl (C=O) groups excluding carboxylic acids is 1. The van der Waals surface area contributed by atoms with Gasteiger partial charge in [-0.25, -0.2) is 0 Å². The number of hydrogen-bond acceptors (Lipinski definition) is 4. The maximum absolute atomic E-state index is 12.4. The van der Waals surface area contributed by atoms with Crippen LogP contribution < -0.4 is 14.2 Å². The number of rotatable bonds is 5. The van der Waals surface area contributed by atoms with E-state index in [1.807, 2.05) is 49.4 Å². The van der Waals surface area contributed by atoms with Crippen molar-refractivity contribution in [2.24, 2.45) is 0 Å². The van der Waals surface area contributed by atoms with Crippen LogP contribution in [0.5, 0.6) is 17.2 Å². The van der Waals surface area contributed by atoms with E-state index in [9.17, 15) is 4.79 Å². The lowest BCUT2D eigenvalue weighted by molar-refractivity contribution is -0.126. The third-order valence-corrected chi connectivity index (χ3v) is 4.21. The molecule has 1 unspecified atom stereocenters. The zero-order valence-corrected chi connectivity index (χ0v) is 15.3. The van der Waals surface area contributed by atoms with Gasteiger partial charge in [0, 0.05) is 18.7 Å². The van der Waals surface area contributed by atoms with Gasteiger partial charge in [-0.1, -0.05) is 23.8 Å². The van der Waals surface area contributed by atoms with E-state index in [2.05, 4.69) is 0 Å². The van der Waals surface area contributed by atoms with Gasteiger partial charge in [0.15, 0.2) is 17.6 Å². The van der Waals surface area contributed by atoms with Crippen LogP contribution in [0.2, 0.25) is 0 Å². The zero-order chi connectivity index (χ0) is 18.5. The molecule has 5 nitrogen and oxygen atoms in total. The minimum atomic E-state index is -0.194. The van der Waals surface area contributed by atoms with Crippen LogP contribution in [-0.2, 0) is 4.79 Å². The Labute approximate surface area is 153 Å². The predicted octanol–water partition coefficient (Wildman–Crippen LogP) is 3.32. The van der Waals surface area contributed by atoms with E-state index in [-0.39, 0.29) is 12.0 Å². The van der Waals surface area contributed by atoms with Crippen molar-refractivity contribution in [2.45, 2.75) is 13.0 Å². The highest BCUT2D eigenvalue weighted by atomic mass is 16.6. The molecule has 0 aromatic heterocycles. The second kappa shape index (κ2) is 7.95. The van der Waals surface area contributed by atoms with Gasteiger partial charge in [-0.05, 0) is 37.3 Å². The number of amides is 1. The topological polar surface area (TPSA) is 48.0 Å². The first-order valence-corrected chi connectivity index (χ1v) is 8.53. The van der Waals surface area contributed by atoms with Crippen LogP contribution >= 0.6 is 0 Å². The van der Waals surface area contributed by atoms with Gasteiger partial charge >= 0.3 is 0 Å². The summed E-state index contributed by atoms with van der Waals surface area (Å²) in [5.41, 5.74) is 1.98. The predicted molar refractivity (Wildman–Crippen MR) is 101 cm³/mol. The highest BCUT2D eigenvalue weighted by Gasteiger charge is 2.23. The molecule has 1 atom stereocenters. The van der Waals surface area contributed by atoms with Crippen LogP contribution in [-0.4, -0.2) is 44.2 Å². The number of nitrogens with zero attached hydrogens (tertiary/aromatic N) is 1. The second-order valence-corrected chi connectivity index (χ2v) is 6.30. The van der Waals surface area contributed by atoms with E-state index < -0.39 is 0 Å². The lowest BCUT2D eigenvalue weighted by atomic mass is 10.1. The summed E-state index contributed by atoms with van der Waals surface area (Å²) >= 11 is 0. The highest BCUT2D eigenvalue weighted by Crippen LogP contribution is 2.31. The van der Waals surface area contributed by atoms with Crippen LogP contribution in [0, 0.1) is 6.92 Å². The van der Waals surface area contributed by atoms with E-state index in [1.165, 1.54) is 0 Å². The van der Waals surface area contributed by atoms with Crippen molar-refractivity contribution in [1.29, 1.82) is 0 Å². The Balaban J connectivity index is 1.61. The lowest BCUT2D eigenvalue weighted by Crippen LogP contribution is -2.41. The van der Waals surface area contributed by atoms with Gasteiger partial charge in [0.1, 0.15) is 12.4 Å². The first-order chi connectivity index (χ1) is 12.6. The molecule has 0 saturated carbocycles. The number of aryl methyl sites for hydroxylation is 1. The third-order valence-electron chi connectivity index (χ3n) is 4.21. The molecule has 2 aromatic rings. The monoisotopic (exact) mass is 353 g/mol. The average Bonchev–Trinajstić information content (AvgIpc) is 2.66. The molecular weight excluding hydrogens is 330 g/mol. The van der Waals surface area contributed by atoms with Gasteiger partial charge in [0.05, 0.1) is 13.7 Å². The maximum atomic E-state index is 12.4. The van der Waals surface area contributed by atoms with Crippen LogP contribution in [0.25, 0.3) is 6.08 Å². The van der Waals surface area contributed by atoms with E-state index in [4.69, 9.17) is 14.2 Å². The van der Waals surface area contributed by atoms with Crippen LogP contribution in [0.4, 0.5) is 0 Å². The standard InChI is InChI=1S/C21H23NO4/c1-15-8-10-18(24-3)16(12-15)9-11-21(23)22(2)13-17-14-25-19-6-4-5-7-20(19)26-17/h4-12,17H,13-14H2,1-3H3/b11-9+. The van der Waals surface area contributed by atoms with Crippen molar-refractivity contribution >= 4 is 12.0 Å². The first kappa shape index (κ1) is 17.9. The molecule has 0 radical (unpaired) electrons. The molecule has 0 bridgehead atoms. The SMILES string of the molecule is COc1ccc(C)cc1/C=C/C(=O)N(C)CC1COc2ccccc2O1. The normalized spacial score (nSPS) is 15.7. The molecule has 1 aliphatic heterocycles. The van der Waals surface area contributed by atoms with Crippen molar-refractivity contribution < 1.29 is 19.0 Å². The molecule has 2 aromatic carbocycles. The smallest absolute Gasteiger partial charge is 0.246 e. The van der Waals surface area contributed by atoms with Crippen molar-refractivity contribution in [3.63, 3.8) is 0 Å². The maximum Gasteiger partial charge on any atom is 0.246 e. The van der Waals surface area contributed by atoms with E-state index >= 15 is 0 Å². The minimum Gasteiger partial charge on any atom is -0.496 e. The van der Waals surface area contributed by atoms with Crippen LogP contribution in [0.15, 0.2) is 48.5 Å². The minimum absolute atomic E-state index is 0.101. The molecule has 0 aliphatic carbocycles. The van der Waals surface area contributed by atoms with E-state index in [0.29, 0.717) is 18.9 Å². The number of methoxy groups -OCH3 is 1. The Hall–Kier alpha value is -2.95. The number of hydrogen-bond donors (Lipinski definition) is 0. The summed E-state index contributed by atoms with van der Waals surface area (Å²) < 4.78 is 16.9. The zero-order valence-electron chi connectivity index (χ0n) is 15.3. The molecule has 0 fully saturated rings. The van der Waals surface area contributed by atoms with Gasteiger partial charge in [-0.2, -0.15) is 0 Å². The lowest BCUT2D eigenvalue weighted by Gasteiger charge is -2.29. The summed E-state index contributed by atoms with van der Waals surface area (Å²) in [5, 5.41) is 0. The molecule has 26 heavy (non-hydrogen) atoms. The summed E-state index contributed by atoms with van der Waals surface area (Å²) in [7, 11) is 3.37. The van der Waals surface area contributed by atoms with Crippen LogP contribution in [0.1, 0.15) is 11.1 Å². The second-order valence-electron chi connectivity index (χ2n) is 6.30. The van der Waals surface area contributed by atoms with Gasteiger partial charge in [0.2, 0.25) is 5.91 Å². The van der Waals surface area contributed by atoms with Gasteiger partial charge in [-0.3, -0.25) is 4.79 Å². The molecule has 0 N–H and O–H groups in total. The van der Waals surface area contributed by atoms with Gasteiger partial charge < -0.3 is 19.1 Å². The largest absolute Gasteiger partial charge is 0.496 e. The van der Waals surface area contributed by atoms with Gasteiger partial charge in [-0.15, -0.1) is 0 Å². The molecule has 1 heterocycles. The fraction of sp³-hybridized carbons (Fsp3) is 0.286. The number of para-hydroxylation sites is 2. The molecule has 1 amide bonds. The Bertz CT molecular complexity index is 815.